The largest absolute Gasteiger partial charge is 0.447 e. The number of carbonyl (C=O) groups is 2. The normalized spacial score (nSPS) is 23.9. The molecule has 4 nitrogen and oxygen atoms in total. The summed E-state index contributed by atoms with van der Waals surface area (Å²) in [6.45, 7) is 5.69. The molecule has 1 aliphatic rings. The molecule has 1 aliphatic heterocycles. The van der Waals surface area contributed by atoms with Gasteiger partial charge in [0.25, 0.3) is 0 Å². The molecular weight excluding hydrogens is 206 g/mol. The van der Waals surface area contributed by atoms with Crippen LogP contribution >= 0.6 is 11.6 Å². The second kappa shape index (κ2) is 4.17. The van der Waals surface area contributed by atoms with Crippen LogP contribution < -0.4 is 0 Å². The van der Waals surface area contributed by atoms with Crippen molar-refractivity contribution in [2.45, 2.75) is 32.2 Å². The van der Waals surface area contributed by atoms with Crippen LogP contribution in [0.25, 0.3) is 0 Å². The number of halogens is 1. The molecule has 1 unspecified atom stereocenters. The number of cyclic esters (lactones) is 1. The Morgan fingerprint density at radius 1 is 1.57 bits per heavy atom. The fourth-order valence-electron chi connectivity index (χ4n) is 1.37. The summed E-state index contributed by atoms with van der Waals surface area (Å²) in [5, 5.41) is -0.693. The number of carbonyl (C=O) groups excluding carboxylic acids is 2. The summed E-state index contributed by atoms with van der Waals surface area (Å²) in [5.74, 6) is -0.200. The topological polar surface area (TPSA) is 46.6 Å². The van der Waals surface area contributed by atoms with Crippen LogP contribution in [0.4, 0.5) is 4.79 Å². The van der Waals surface area contributed by atoms with E-state index in [1.807, 2.05) is 13.8 Å². The van der Waals surface area contributed by atoms with Crippen molar-refractivity contribution in [2.24, 2.45) is 5.92 Å². The van der Waals surface area contributed by atoms with Gasteiger partial charge in [0.05, 0.1) is 6.04 Å². The van der Waals surface area contributed by atoms with Crippen molar-refractivity contribution in [3.8, 4) is 0 Å². The maximum atomic E-state index is 11.6. The summed E-state index contributed by atoms with van der Waals surface area (Å²) in [5.41, 5.74) is 0. The molecule has 0 saturated carbocycles. The second-order valence-corrected chi connectivity index (χ2v) is 4.37. The zero-order chi connectivity index (χ0) is 10.9. The maximum absolute atomic E-state index is 11.6. The molecule has 0 aliphatic carbocycles. The highest BCUT2D eigenvalue weighted by molar-refractivity contribution is 6.31. The average molecular weight is 220 g/mol. The van der Waals surface area contributed by atoms with E-state index in [9.17, 15) is 9.59 Å². The molecule has 0 aromatic rings. The molecule has 0 N–H and O–H groups in total. The van der Waals surface area contributed by atoms with Crippen LogP contribution in [0.15, 0.2) is 0 Å². The molecule has 0 aromatic heterocycles. The molecule has 5 heteroatoms. The van der Waals surface area contributed by atoms with Gasteiger partial charge in [-0.2, -0.15) is 0 Å². The molecule has 0 radical (unpaired) electrons. The standard InChI is InChI=1S/C9H14ClNO3/c1-5(2)7-4-14-9(13)11(7)8(12)6(3)10/h5-7H,4H2,1-3H3/t6?,7-/m1/s1. The lowest BCUT2D eigenvalue weighted by atomic mass is 10.0. The SMILES string of the molecule is CC(Cl)C(=O)N1C(=O)OC[C@@H]1C(C)C. The van der Waals surface area contributed by atoms with Crippen molar-refractivity contribution in [3.63, 3.8) is 0 Å². The van der Waals surface area contributed by atoms with Crippen molar-refractivity contribution < 1.29 is 14.3 Å². The van der Waals surface area contributed by atoms with Crippen molar-refractivity contribution in [2.75, 3.05) is 6.61 Å². The number of imide groups is 1. The van der Waals surface area contributed by atoms with Gasteiger partial charge < -0.3 is 4.74 Å². The molecule has 1 rings (SSSR count). The summed E-state index contributed by atoms with van der Waals surface area (Å²) in [7, 11) is 0. The Morgan fingerprint density at radius 2 is 2.14 bits per heavy atom. The van der Waals surface area contributed by atoms with Crippen LogP contribution in [0.5, 0.6) is 0 Å². The lowest BCUT2D eigenvalue weighted by Crippen LogP contribution is -2.44. The predicted molar refractivity (Wildman–Crippen MR) is 52.1 cm³/mol. The van der Waals surface area contributed by atoms with Gasteiger partial charge in [0, 0.05) is 0 Å². The van der Waals surface area contributed by atoms with Crippen LogP contribution in [0.2, 0.25) is 0 Å². The molecule has 2 atom stereocenters. The van der Waals surface area contributed by atoms with E-state index in [4.69, 9.17) is 16.3 Å². The van der Waals surface area contributed by atoms with E-state index in [1.54, 1.807) is 6.92 Å². The molecule has 80 valence electrons. The van der Waals surface area contributed by atoms with E-state index in [0.29, 0.717) is 0 Å². The third kappa shape index (κ3) is 2.00. The molecular formula is C9H14ClNO3. The minimum absolute atomic E-state index is 0.181. The van der Waals surface area contributed by atoms with Gasteiger partial charge in [-0.3, -0.25) is 4.79 Å². The Balaban J connectivity index is 2.82. The molecule has 1 saturated heterocycles. The molecule has 2 amide bonds. The zero-order valence-electron chi connectivity index (χ0n) is 8.49. The smallest absolute Gasteiger partial charge is 0.417 e. The van der Waals surface area contributed by atoms with Crippen molar-refractivity contribution in [1.82, 2.24) is 4.90 Å². The first kappa shape index (κ1) is 11.3. The van der Waals surface area contributed by atoms with E-state index in [-0.39, 0.29) is 24.5 Å². The van der Waals surface area contributed by atoms with E-state index in [2.05, 4.69) is 0 Å². The fourth-order valence-corrected chi connectivity index (χ4v) is 1.48. The highest BCUT2D eigenvalue weighted by atomic mass is 35.5. The van der Waals surface area contributed by atoms with E-state index in [1.165, 1.54) is 0 Å². The molecule has 0 bridgehead atoms. The van der Waals surface area contributed by atoms with Gasteiger partial charge in [0.1, 0.15) is 12.0 Å². The van der Waals surface area contributed by atoms with E-state index < -0.39 is 11.5 Å². The summed E-state index contributed by atoms with van der Waals surface area (Å²) in [6, 6.07) is -0.184. The van der Waals surface area contributed by atoms with Gasteiger partial charge in [0.2, 0.25) is 5.91 Å². The van der Waals surface area contributed by atoms with Crippen molar-refractivity contribution in [1.29, 1.82) is 0 Å². The van der Waals surface area contributed by atoms with Crippen LogP contribution in [0.3, 0.4) is 0 Å². The van der Waals surface area contributed by atoms with E-state index in [0.717, 1.165) is 4.90 Å². The summed E-state index contributed by atoms with van der Waals surface area (Å²) in [6.07, 6.45) is -0.582. The molecule has 0 aromatic carbocycles. The zero-order valence-corrected chi connectivity index (χ0v) is 9.25. The fraction of sp³-hybridized carbons (Fsp3) is 0.778. The quantitative estimate of drug-likeness (QED) is 0.663. The third-order valence-electron chi connectivity index (χ3n) is 2.25. The number of nitrogens with zero attached hydrogens (tertiary/aromatic N) is 1. The average Bonchev–Trinajstić information content (AvgIpc) is 2.45. The third-order valence-corrected chi connectivity index (χ3v) is 2.44. The first-order valence-electron chi connectivity index (χ1n) is 4.59. The number of ether oxygens (including phenoxy) is 1. The molecule has 1 fully saturated rings. The van der Waals surface area contributed by atoms with Gasteiger partial charge in [0.15, 0.2) is 0 Å². The Morgan fingerprint density at radius 3 is 2.57 bits per heavy atom. The molecule has 0 spiro atoms. The number of rotatable bonds is 2. The van der Waals surface area contributed by atoms with E-state index >= 15 is 0 Å². The summed E-state index contributed by atoms with van der Waals surface area (Å²) in [4.78, 5) is 24.0. The Labute approximate surface area is 88.2 Å². The van der Waals surface area contributed by atoms with Gasteiger partial charge in [-0.15, -0.1) is 11.6 Å². The van der Waals surface area contributed by atoms with Crippen molar-refractivity contribution >= 4 is 23.6 Å². The number of alkyl halides is 1. The highest BCUT2D eigenvalue weighted by Crippen LogP contribution is 2.21. The minimum atomic E-state index is -0.693. The Hall–Kier alpha value is -0.770. The number of amides is 2. The highest BCUT2D eigenvalue weighted by Gasteiger charge is 2.40. The maximum Gasteiger partial charge on any atom is 0.417 e. The predicted octanol–water partition coefficient (Wildman–Crippen LogP) is 1.62. The lowest BCUT2D eigenvalue weighted by molar-refractivity contribution is -0.129. The van der Waals surface area contributed by atoms with Crippen LogP contribution in [0, 0.1) is 5.92 Å². The molecule has 1 heterocycles. The van der Waals surface area contributed by atoms with Gasteiger partial charge in [-0.05, 0) is 12.8 Å². The van der Waals surface area contributed by atoms with Gasteiger partial charge >= 0.3 is 6.09 Å². The van der Waals surface area contributed by atoms with Gasteiger partial charge in [-0.1, -0.05) is 13.8 Å². The minimum Gasteiger partial charge on any atom is -0.447 e. The first-order valence-corrected chi connectivity index (χ1v) is 5.02. The monoisotopic (exact) mass is 219 g/mol. The number of hydrogen-bond acceptors (Lipinski definition) is 3. The molecule has 14 heavy (non-hydrogen) atoms. The lowest BCUT2D eigenvalue weighted by Gasteiger charge is -2.23. The Kier molecular flexibility index (Phi) is 3.37. The summed E-state index contributed by atoms with van der Waals surface area (Å²) >= 11 is 5.64. The van der Waals surface area contributed by atoms with Crippen molar-refractivity contribution in [3.05, 3.63) is 0 Å². The summed E-state index contributed by atoms with van der Waals surface area (Å²) < 4.78 is 4.82. The van der Waals surface area contributed by atoms with Gasteiger partial charge in [-0.25, -0.2) is 9.69 Å². The van der Waals surface area contributed by atoms with Crippen LogP contribution in [-0.4, -0.2) is 34.9 Å². The van der Waals surface area contributed by atoms with Crippen LogP contribution in [0.1, 0.15) is 20.8 Å². The van der Waals surface area contributed by atoms with Crippen LogP contribution in [-0.2, 0) is 9.53 Å². The Bertz CT molecular complexity index is 252. The second-order valence-electron chi connectivity index (χ2n) is 3.71. The first-order chi connectivity index (χ1) is 6.45. The number of hydrogen-bond donors (Lipinski definition) is 0.